The van der Waals surface area contributed by atoms with E-state index < -0.39 is 0 Å². The average Bonchev–Trinajstić information content (AvgIpc) is 2.16. The van der Waals surface area contributed by atoms with E-state index in [0.717, 1.165) is 22.2 Å². The Balaban J connectivity index is 2.32. The topological polar surface area (TPSA) is 38.3 Å². The minimum absolute atomic E-state index is 0.234. The summed E-state index contributed by atoms with van der Waals surface area (Å²) in [5.41, 5.74) is 0.859. The third-order valence-corrected chi connectivity index (χ3v) is 2.36. The number of rotatable bonds is 1. The molecule has 0 radical (unpaired) electrons. The normalized spacial score (nSPS) is 19.6. The van der Waals surface area contributed by atoms with E-state index in [-0.39, 0.29) is 6.04 Å². The van der Waals surface area contributed by atoms with E-state index in [9.17, 15) is 4.79 Å². The number of ether oxygens (including phenoxy) is 1. The highest BCUT2D eigenvalue weighted by atomic mass is 79.9. The van der Waals surface area contributed by atoms with Gasteiger partial charge in [-0.05, 0) is 18.2 Å². The third kappa shape index (κ3) is 1.67. The zero-order valence-corrected chi connectivity index (χ0v) is 8.37. The lowest BCUT2D eigenvalue weighted by Crippen LogP contribution is -2.32. The predicted octanol–water partition coefficient (Wildman–Crippen LogP) is 1.82. The molecule has 1 N–H and O–H groups in total. The van der Waals surface area contributed by atoms with Crippen LogP contribution in [0.25, 0.3) is 0 Å². The van der Waals surface area contributed by atoms with Crippen LogP contribution in [0.4, 0.5) is 5.69 Å². The number of hydrogen-bond acceptors (Lipinski definition) is 3. The summed E-state index contributed by atoms with van der Waals surface area (Å²) in [4.78, 5) is 10.5. The number of fused-ring (bicyclic) bond motifs is 1. The fourth-order valence-electron chi connectivity index (χ4n) is 1.24. The standard InChI is InChI=1S/C9H8BrNO2/c10-6-1-2-9-8(3-6)11-7(4-12)5-13-9/h1-4,7,11H,5H2. The fraction of sp³-hybridized carbons (Fsp3) is 0.222. The van der Waals surface area contributed by atoms with Gasteiger partial charge in [0.2, 0.25) is 0 Å². The maximum absolute atomic E-state index is 10.5. The van der Waals surface area contributed by atoms with E-state index in [1.54, 1.807) is 0 Å². The van der Waals surface area contributed by atoms with Crippen molar-refractivity contribution in [3.8, 4) is 5.75 Å². The molecule has 1 aliphatic heterocycles. The first-order chi connectivity index (χ1) is 6.29. The van der Waals surface area contributed by atoms with Gasteiger partial charge in [0, 0.05) is 4.47 Å². The second-order valence-electron chi connectivity index (χ2n) is 2.84. The lowest BCUT2D eigenvalue weighted by Gasteiger charge is -2.23. The first-order valence-electron chi connectivity index (χ1n) is 3.94. The van der Waals surface area contributed by atoms with Crippen LogP contribution >= 0.6 is 15.9 Å². The van der Waals surface area contributed by atoms with Crippen LogP contribution in [0.5, 0.6) is 5.75 Å². The molecule has 68 valence electrons. The molecule has 2 rings (SSSR count). The van der Waals surface area contributed by atoms with Crippen molar-refractivity contribution in [1.82, 2.24) is 0 Å². The van der Waals surface area contributed by atoms with Gasteiger partial charge in [0.05, 0.1) is 5.69 Å². The smallest absolute Gasteiger partial charge is 0.145 e. The molecule has 0 spiro atoms. The SMILES string of the molecule is O=CC1COc2ccc(Br)cc2N1. The van der Waals surface area contributed by atoms with E-state index >= 15 is 0 Å². The molecule has 0 saturated heterocycles. The first kappa shape index (κ1) is 8.56. The molecule has 1 aromatic rings. The minimum atomic E-state index is -0.234. The Morgan fingerprint density at radius 3 is 3.23 bits per heavy atom. The summed E-state index contributed by atoms with van der Waals surface area (Å²) in [7, 11) is 0. The Bertz CT molecular complexity index is 340. The Kier molecular flexibility index (Phi) is 2.22. The molecule has 1 heterocycles. The van der Waals surface area contributed by atoms with Crippen molar-refractivity contribution >= 4 is 27.9 Å². The number of nitrogens with one attached hydrogen (secondary N) is 1. The van der Waals surface area contributed by atoms with Gasteiger partial charge in [-0.1, -0.05) is 15.9 Å². The third-order valence-electron chi connectivity index (χ3n) is 1.87. The van der Waals surface area contributed by atoms with Crippen molar-refractivity contribution in [3.63, 3.8) is 0 Å². The number of benzene rings is 1. The number of carbonyl (C=O) groups excluding carboxylic acids is 1. The van der Waals surface area contributed by atoms with Crippen LogP contribution in [0.1, 0.15) is 0 Å². The maximum Gasteiger partial charge on any atom is 0.145 e. The highest BCUT2D eigenvalue weighted by molar-refractivity contribution is 9.10. The summed E-state index contributed by atoms with van der Waals surface area (Å²) in [5, 5.41) is 3.06. The highest BCUT2D eigenvalue weighted by Crippen LogP contribution is 2.31. The van der Waals surface area contributed by atoms with E-state index in [1.165, 1.54) is 0 Å². The lowest BCUT2D eigenvalue weighted by molar-refractivity contribution is -0.109. The molecule has 1 aromatic carbocycles. The van der Waals surface area contributed by atoms with Crippen LogP contribution in [0.2, 0.25) is 0 Å². The lowest BCUT2D eigenvalue weighted by atomic mass is 10.2. The van der Waals surface area contributed by atoms with Gasteiger partial charge in [0.25, 0.3) is 0 Å². The monoisotopic (exact) mass is 241 g/mol. The van der Waals surface area contributed by atoms with Crippen LogP contribution in [0.3, 0.4) is 0 Å². The van der Waals surface area contributed by atoms with Crippen LogP contribution < -0.4 is 10.1 Å². The van der Waals surface area contributed by atoms with E-state index in [4.69, 9.17) is 4.74 Å². The van der Waals surface area contributed by atoms with Crippen molar-refractivity contribution in [2.45, 2.75) is 6.04 Å². The highest BCUT2D eigenvalue weighted by Gasteiger charge is 2.17. The fourth-order valence-corrected chi connectivity index (χ4v) is 1.60. The summed E-state index contributed by atoms with van der Waals surface area (Å²) in [6.45, 7) is 0.401. The summed E-state index contributed by atoms with van der Waals surface area (Å²) < 4.78 is 6.33. The molecule has 1 unspecified atom stereocenters. The molecular formula is C9H8BrNO2. The maximum atomic E-state index is 10.5. The van der Waals surface area contributed by atoms with Crippen LogP contribution in [-0.2, 0) is 4.79 Å². The van der Waals surface area contributed by atoms with Crippen LogP contribution in [0.15, 0.2) is 22.7 Å². The first-order valence-corrected chi connectivity index (χ1v) is 4.73. The number of halogens is 1. The quantitative estimate of drug-likeness (QED) is 0.763. The van der Waals surface area contributed by atoms with Crippen molar-refractivity contribution in [3.05, 3.63) is 22.7 Å². The van der Waals surface area contributed by atoms with Crippen LogP contribution in [-0.4, -0.2) is 18.9 Å². The predicted molar refractivity (Wildman–Crippen MR) is 53.1 cm³/mol. The van der Waals surface area contributed by atoms with Gasteiger partial charge >= 0.3 is 0 Å². The zero-order chi connectivity index (χ0) is 9.26. The largest absolute Gasteiger partial charge is 0.489 e. The van der Waals surface area contributed by atoms with Gasteiger partial charge in [-0.3, -0.25) is 0 Å². The van der Waals surface area contributed by atoms with Gasteiger partial charge in [-0.2, -0.15) is 0 Å². The molecule has 0 aliphatic carbocycles. The van der Waals surface area contributed by atoms with Gasteiger partial charge in [-0.25, -0.2) is 0 Å². The van der Waals surface area contributed by atoms with E-state index in [0.29, 0.717) is 6.61 Å². The van der Waals surface area contributed by atoms with E-state index in [2.05, 4.69) is 21.2 Å². The van der Waals surface area contributed by atoms with Gasteiger partial charge < -0.3 is 14.8 Å². The Morgan fingerprint density at radius 1 is 1.62 bits per heavy atom. The van der Waals surface area contributed by atoms with Crippen molar-refractivity contribution in [1.29, 1.82) is 0 Å². The minimum Gasteiger partial charge on any atom is -0.489 e. The molecule has 1 aliphatic rings. The summed E-state index contributed by atoms with van der Waals surface area (Å²) >= 11 is 3.35. The van der Waals surface area contributed by atoms with Crippen molar-refractivity contribution in [2.75, 3.05) is 11.9 Å². The Morgan fingerprint density at radius 2 is 2.46 bits per heavy atom. The summed E-state index contributed by atoms with van der Waals surface area (Å²) in [5.74, 6) is 0.793. The molecule has 0 bridgehead atoms. The average molecular weight is 242 g/mol. The number of hydrogen-bond donors (Lipinski definition) is 1. The van der Waals surface area contributed by atoms with E-state index in [1.807, 2.05) is 18.2 Å². The molecule has 0 aromatic heterocycles. The second kappa shape index (κ2) is 3.38. The van der Waals surface area contributed by atoms with Crippen molar-refractivity contribution in [2.24, 2.45) is 0 Å². The van der Waals surface area contributed by atoms with Gasteiger partial charge in [-0.15, -0.1) is 0 Å². The molecule has 3 nitrogen and oxygen atoms in total. The number of carbonyl (C=O) groups is 1. The number of anilines is 1. The summed E-state index contributed by atoms with van der Waals surface area (Å²) in [6, 6.07) is 5.43. The summed E-state index contributed by atoms with van der Waals surface area (Å²) in [6.07, 6.45) is 0.851. The van der Waals surface area contributed by atoms with Gasteiger partial charge in [0.15, 0.2) is 0 Å². The van der Waals surface area contributed by atoms with Crippen LogP contribution in [0, 0.1) is 0 Å². The molecule has 0 saturated carbocycles. The Hall–Kier alpha value is -1.03. The Labute approximate surface area is 84.2 Å². The van der Waals surface area contributed by atoms with Gasteiger partial charge in [0.1, 0.15) is 24.7 Å². The molecular weight excluding hydrogens is 234 g/mol. The molecule has 0 amide bonds. The van der Waals surface area contributed by atoms with Crippen molar-refractivity contribution < 1.29 is 9.53 Å². The molecule has 1 atom stereocenters. The zero-order valence-electron chi connectivity index (χ0n) is 6.79. The molecule has 4 heteroatoms. The second-order valence-corrected chi connectivity index (χ2v) is 3.75. The molecule has 0 fully saturated rings. The number of aldehydes is 1. The molecule has 13 heavy (non-hydrogen) atoms.